The Morgan fingerprint density at radius 2 is 1.91 bits per heavy atom. The first kappa shape index (κ1) is 22.8. The summed E-state index contributed by atoms with van der Waals surface area (Å²) in [5.41, 5.74) is 5.33. The number of fused-ring (bicyclic) bond motifs is 1. The van der Waals surface area contributed by atoms with Gasteiger partial charge in [0, 0.05) is 19.3 Å². The van der Waals surface area contributed by atoms with Gasteiger partial charge < -0.3 is 19.9 Å². The highest BCUT2D eigenvalue weighted by Crippen LogP contribution is 2.36. The molecule has 0 aliphatic heterocycles. The third-order valence-corrected chi connectivity index (χ3v) is 6.26. The average Bonchev–Trinajstić information content (AvgIpc) is 3.16. The van der Waals surface area contributed by atoms with E-state index in [1.165, 1.54) is 11.1 Å². The van der Waals surface area contributed by atoms with Crippen molar-refractivity contribution in [3.8, 4) is 5.75 Å². The van der Waals surface area contributed by atoms with Gasteiger partial charge in [0.25, 0.3) is 0 Å². The molecule has 1 aliphatic carbocycles. The highest BCUT2D eigenvalue weighted by Gasteiger charge is 2.25. The number of nitrogens with one attached hydrogen (secondary N) is 2. The zero-order chi connectivity index (χ0) is 23.6. The van der Waals surface area contributed by atoms with Crippen molar-refractivity contribution in [2.75, 3.05) is 24.3 Å². The fourth-order valence-electron chi connectivity index (χ4n) is 4.02. The highest BCUT2D eigenvalue weighted by atomic mass is 16.5. The van der Waals surface area contributed by atoms with E-state index >= 15 is 0 Å². The Morgan fingerprint density at radius 3 is 2.61 bits per heavy atom. The number of hydrogen-bond acceptors (Lipinski definition) is 6. The van der Waals surface area contributed by atoms with Gasteiger partial charge in [-0.2, -0.15) is 9.97 Å². The van der Waals surface area contributed by atoms with E-state index in [1.807, 2.05) is 23.7 Å². The Labute approximate surface area is 196 Å². The molecule has 1 aliphatic rings. The fourth-order valence-corrected chi connectivity index (χ4v) is 4.02. The van der Waals surface area contributed by atoms with E-state index in [-0.39, 0.29) is 5.41 Å². The summed E-state index contributed by atoms with van der Waals surface area (Å²) in [6.07, 6.45) is 8.35. The summed E-state index contributed by atoms with van der Waals surface area (Å²) in [5.74, 6) is 2.67. The number of hydrogen-bond donors (Lipinski definition) is 2. The zero-order valence-corrected chi connectivity index (χ0v) is 20.4. The molecule has 4 rings (SSSR count). The van der Waals surface area contributed by atoms with Gasteiger partial charge in [0.2, 0.25) is 5.95 Å². The molecule has 1 atom stereocenters. The molecule has 7 heteroatoms. The first-order valence-corrected chi connectivity index (χ1v) is 11.5. The first-order chi connectivity index (χ1) is 15.7. The van der Waals surface area contributed by atoms with Gasteiger partial charge in [-0.05, 0) is 54.4 Å². The van der Waals surface area contributed by atoms with Crippen molar-refractivity contribution in [1.29, 1.82) is 0 Å². The van der Waals surface area contributed by atoms with Crippen LogP contribution in [0.5, 0.6) is 5.75 Å². The Bertz CT molecular complexity index is 1180. The Morgan fingerprint density at radius 1 is 1.15 bits per heavy atom. The molecular weight excluding hydrogens is 412 g/mol. The molecule has 174 valence electrons. The van der Waals surface area contributed by atoms with E-state index in [9.17, 15) is 0 Å². The lowest BCUT2D eigenvalue weighted by atomic mass is 9.76. The molecule has 0 fully saturated rings. The van der Waals surface area contributed by atoms with E-state index in [1.54, 1.807) is 13.4 Å². The van der Waals surface area contributed by atoms with Gasteiger partial charge in [-0.15, -0.1) is 0 Å². The predicted molar refractivity (Wildman–Crippen MR) is 135 cm³/mol. The van der Waals surface area contributed by atoms with Gasteiger partial charge in [0.1, 0.15) is 11.3 Å². The number of rotatable bonds is 7. The van der Waals surface area contributed by atoms with Crippen molar-refractivity contribution in [2.24, 2.45) is 18.4 Å². The number of anilines is 2. The molecule has 0 saturated heterocycles. The average molecular weight is 447 g/mol. The molecule has 0 bridgehead atoms. The van der Waals surface area contributed by atoms with Gasteiger partial charge in [-0.1, -0.05) is 45.1 Å². The Kier molecular flexibility index (Phi) is 6.40. The molecule has 2 heterocycles. The summed E-state index contributed by atoms with van der Waals surface area (Å²) in [4.78, 5) is 13.9. The van der Waals surface area contributed by atoms with Gasteiger partial charge in [0.05, 0.1) is 13.4 Å². The number of ether oxygens (including phenoxy) is 1. The normalized spacial score (nSPS) is 16.4. The molecule has 0 saturated carbocycles. The summed E-state index contributed by atoms with van der Waals surface area (Å²) in [7, 11) is 3.65. The quantitative estimate of drug-likeness (QED) is 0.510. The second kappa shape index (κ2) is 9.25. The van der Waals surface area contributed by atoms with Crippen LogP contribution in [0.3, 0.4) is 0 Å². The van der Waals surface area contributed by atoms with Crippen molar-refractivity contribution in [3.63, 3.8) is 0 Å². The van der Waals surface area contributed by atoms with Crippen LogP contribution in [-0.2, 0) is 13.5 Å². The van der Waals surface area contributed by atoms with Crippen LogP contribution in [0.2, 0.25) is 0 Å². The van der Waals surface area contributed by atoms with Crippen LogP contribution in [0.4, 0.5) is 11.8 Å². The molecule has 2 aromatic heterocycles. The summed E-state index contributed by atoms with van der Waals surface area (Å²) in [5, 5.41) is 6.96. The van der Waals surface area contributed by atoms with Gasteiger partial charge in [-0.3, -0.25) is 0 Å². The van der Waals surface area contributed by atoms with Crippen LogP contribution in [0.1, 0.15) is 39.7 Å². The topological polar surface area (TPSA) is 76.9 Å². The van der Waals surface area contributed by atoms with Crippen molar-refractivity contribution >= 4 is 22.9 Å². The van der Waals surface area contributed by atoms with E-state index in [0.717, 1.165) is 42.2 Å². The fraction of sp³-hybridized carbons (Fsp3) is 0.423. The highest BCUT2D eigenvalue weighted by molar-refractivity contribution is 5.85. The van der Waals surface area contributed by atoms with Crippen molar-refractivity contribution in [2.45, 2.75) is 40.5 Å². The number of nitrogens with zero attached hydrogens (tertiary/aromatic N) is 4. The monoisotopic (exact) mass is 446 g/mol. The van der Waals surface area contributed by atoms with Crippen LogP contribution in [0.25, 0.3) is 11.2 Å². The van der Waals surface area contributed by atoms with Crippen molar-refractivity contribution < 1.29 is 4.74 Å². The molecule has 1 unspecified atom stereocenters. The van der Waals surface area contributed by atoms with E-state index in [4.69, 9.17) is 9.72 Å². The smallest absolute Gasteiger partial charge is 0.226 e. The SMILES string of the molecule is COc1ccc(CCNc2nc(NC3=CC(C(C)(C)C)CC=C3C)c3c(ncn3C)n2)cc1. The number of aryl methyl sites for hydroxylation is 1. The lowest BCUT2D eigenvalue weighted by Crippen LogP contribution is -2.22. The molecule has 0 amide bonds. The van der Waals surface area contributed by atoms with Crippen molar-refractivity contribution in [3.05, 3.63) is 59.6 Å². The van der Waals surface area contributed by atoms with Crippen LogP contribution >= 0.6 is 0 Å². The lowest BCUT2D eigenvalue weighted by molar-refractivity contribution is 0.292. The van der Waals surface area contributed by atoms with E-state index < -0.39 is 0 Å². The summed E-state index contributed by atoms with van der Waals surface area (Å²) < 4.78 is 7.19. The van der Waals surface area contributed by atoms with Crippen LogP contribution in [0, 0.1) is 11.3 Å². The van der Waals surface area contributed by atoms with Gasteiger partial charge in [0.15, 0.2) is 11.5 Å². The molecule has 0 radical (unpaired) electrons. The second-order valence-electron chi connectivity index (χ2n) is 9.75. The number of allylic oxidation sites excluding steroid dienone is 3. The Balaban J connectivity index is 1.55. The molecule has 2 N–H and O–H groups in total. The minimum absolute atomic E-state index is 0.200. The number of imidazole rings is 1. The predicted octanol–water partition coefficient (Wildman–Crippen LogP) is 5.33. The number of benzene rings is 1. The maximum Gasteiger partial charge on any atom is 0.226 e. The third kappa shape index (κ3) is 5.18. The molecule has 1 aromatic carbocycles. The van der Waals surface area contributed by atoms with E-state index in [2.05, 4.69) is 72.6 Å². The summed E-state index contributed by atoms with van der Waals surface area (Å²) >= 11 is 0. The van der Waals surface area contributed by atoms with Crippen LogP contribution < -0.4 is 15.4 Å². The van der Waals surface area contributed by atoms with E-state index in [0.29, 0.717) is 17.5 Å². The number of aromatic nitrogens is 4. The summed E-state index contributed by atoms with van der Waals surface area (Å²) in [6.45, 7) is 9.73. The zero-order valence-electron chi connectivity index (χ0n) is 20.4. The molecule has 33 heavy (non-hydrogen) atoms. The molecular formula is C26H34N6O. The summed E-state index contributed by atoms with van der Waals surface area (Å²) in [6, 6.07) is 8.11. The van der Waals surface area contributed by atoms with Gasteiger partial charge in [-0.25, -0.2) is 4.98 Å². The van der Waals surface area contributed by atoms with Crippen LogP contribution in [-0.4, -0.2) is 33.2 Å². The molecule has 0 spiro atoms. The minimum Gasteiger partial charge on any atom is -0.497 e. The second-order valence-corrected chi connectivity index (χ2v) is 9.75. The molecule has 3 aromatic rings. The standard InChI is InChI=1S/C26H34N6O/c1-17-7-10-19(26(2,3)4)15-21(17)29-24-22-23(28-16-32(22)5)30-25(31-24)27-14-13-18-8-11-20(33-6)12-9-18/h7-9,11-12,15-16,19H,10,13-14H2,1-6H3,(H2,27,29,30,31). The van der Waals surface area contributed by atoms with Gasteiger partial charge >= 0.3 is 0 Å². The Hall–Kier alpha value is -3.35. The van der Waals surface area contributed by atoms with Crippen LogP contribution in [0.15, 0.2) is 54.0 Å². The maximum absolute atomic E-state index is 5.23. The first-order valence-electron chi connectivity index (χ1n) is 11.5. The van der Waals surface area contributed by atoms with Crippen molar-refractivity contribution in [1.82, 2.24) is 19.5 Å². The third-order valence-electron chi connectivity index (χ3n) is 6.26. The largest absolute Gasteiger partial charge is 0.497 e. The maximum atomic E-state index is 5.23. The minimum atomic E-state index is 0.200. The lowest BCUT2D eigenvalue weighted by Gasteiger charge is -2.31. The molecule has 7 nitrogen and oxygen atoms in total. The number of methoxy groups -OCH3 is 1.